The third kappa shape index (κ3) is 4.85. The van der Waals surface area contributed by atoms with E-state index in [1.165, 1.54) is 11.3 Å². The fourth-order valence-corrected chi connectivity index (χ4v) is 3.04. The Labute approximate surface area is 130 Å². The fourth-order valence-electron chi connectivity index (χ4n) is 2.04. The van der Waals surface area contributed by atoms with Gasteiger partial charge in [0.2, 0.25) is 0 Å². The lowest BCUT2D eigenvalue weighted by molar-refractivity contribution is 0.0584. The van der Waals surface area contributed by atoms with E-state index >= 15 is 0 Å². The number of carbonyl (C=O) groups is 1. The highest BCUT2D eigenvalue weighted by molar-refractivity contribution is 7.14. The van der Waals surface area contributed by atoms with Gasteiger partial charge in [-0.25, -0.2) is 0 Å². The van der Waals surface area contributed by atoms with Crippen molar-refractivity contribution in [2.24, 2.45) is 0 Å². The zero-order chi connectivity index (χ0) is 15.8. The van der Waals surface area contributed by atoms with Crippen molar-refractivity contribution in [2.75, 3.05) is 26.9 Å². The van der Waals surface area contributed by atoms with Crippen LogP contribution in [0, 0.1) is 18.8 Å². The summed E-state index contributed by atoms with van der Waals surface area (Å²) >= 11 is 1.41. The summed E-state index contributed by atoms with van der Waals surface area (Å²) in [5, 5.41) is 8.75. The van der Waals surface area contributed by atoms with Crippen LogP contribution < -0.4 is 0 Å². The molecule has 0 aromatic carbocycles. The molecule has 0 bridgehead atoms. The van der Waals surface area contributed by atoms with Crippen LogP contribution in [0.5, 0.6) is 0 Å². The van der Waals surface area contributed by atoms with Gasteiger partial charge in [-0.05, 0) is 32.4 Å². The number of nitrogens with zero attached hydrogens (tertiary/aromatic N) is 1. The maximum Gasteiger partial charge on any atom is 0.264 e. The molecule has 0 aliphatic rings. The molecule has 0 aliphatic heterocycles. The van der Waals surface area contributed by atoms with Gasteiger partial charge < -0.3 is 14.7 Å². The van der Waals surface area contributed by atoms with E-state index in [0.29, 0.717) is 24.4 Å². The summed E-state index contributed by atoms with van der Waals surface area (Å²) in [6.07, 6.45) is 0.451. The van der Waals surface area contributed by atoms with Crippen LogP contribution in [0.2, 0.25) is 0 Å². The Hall–Kier alpha value is -1.35. The molecule has 0 aliphatic carbocycles. The zero-order valence-electron chi connectivity index (χ0n) is 13.1. The smallest absolute Gasteiger partial charge is 0.264 e. The van der Waals surface area contributed by atoms with Gasteiger partial charge in [-0.15, -0.1) is 11.3 Å². The normalized spacial score (nSPS) is 11.7. The van der Waals surface area contributed by atoms with Gasteiger partial charge >= 0.3 is 0 Å². The molecule has 0 radical (unpaired) electrons. The SMILES string of the molecule is CCN(C(=O)c1cc(C)c(C#CCCO)s1)C(C)COC. The summed E-state index contributed by atoms with van der Waals surface area (Å²) in [4.78, 5) is 16.0. The number of ether oxygens (including phenoxy) is 1. The number of aryl methyl sites for hydroxylation is 1. The molecule has 0 saturated heterocycles. The van der Waals surface area contributed by atoms with Gasteiger partial charge in [0.05, 0.1) is 29.0 Å². The standard InChI is InChI=1S/C16H23NO3S/c1-5-17(13(3)11-20-4)16(19)15-10-12(2)14(21-15)8-6-7-9-18/h10,13,18H,5,7,9,11H2,1-4H3. The molecule has 1 aromatic rings. The molecule has 0 fully saturated rings. The topological polar surface area (TPSA) is 49.8 Å². The van der Waals surface area contributed by atoms with E-state index in [0.717, 1.165) is 10.4 Å². The van der Waals surface area contributed by atoms with Crippen molar-refractivity contribution in [3.8, 4) is 11.8 Å². The Kier molecular flexibility index (Phi) is 7.44. The second kappa shape index (κ2) is 8.83. The highest BCUT2D eigenvalue weighted by atomic mass is 32.1. The molecule has 4 nitrogen and oxygen atoms in total. The summed E-state index contributed by atoms with van der Waals surface area (Å²) in [5.41, 5.74) is 1.00. The predicted octanol–water partition coefficient (Wildman–Crippen LogP) is 2.29. The van der Waals surface area contributed by atoms with Crippen LogP contribution >= 0.6 is 11.3 Å². The largest absolute Gasteiger partial charge is 0.395 e. The minimum atomic E-state index is 0.0189. The second-order valence-corrected chi connectivity index (χ2v) is 5.85. The molecule has 1 amide bonds. The number of thiophene rings is 1. The number of amides is 1. The van der Waals surface area contributed by atoms with Gasteiger partial charge in [-0.3, -0.25) is 4.79 Å². The van der Waals surface area contributed by atoms with Crippen molar-refractivity contribution in [2.45, 2.75) is 33.2 Å². The van der Waals surface area contributed by atoms with E-state index in [-0.39, 0.29) is 18.6 Å². The van der Waals surface area contributed by atoms with E-state index in [1.54, 1.807) is 12.0 Å². The maximum absolute atomic E-state index is 12.6. The number of hydrogen-bond acceptors (Lipinski definition) is 4. The first-order valence-corrected chi connectivity index (χ1v) is 7.86. The van der Waals surface area contributed by atoms with Crippen LogP contribution in [0.4, 0.5) is 0 Å². The Morgan fingerprint density at radius 3 is 2.86 bits per heavy atom. The average molecular weight is 309 g/mol. The van der Waals surface area contributed by atoms with Crippen LogP contribution in [0.15, 0.2) is 6.07 Å². The van der Waals surface area contributed by atoms with Gasteiger partial charge in [0, 0.05) is 20.1 Å². The number of carbonyl (C=O) groups excluding carboxylic acids is 1. The van der Waals surface area contributed by atoms with Gasteiger partial charge in [-0.1, -0.05) is 11.8 Å². The fraction of sp³-hybridized carbons (Fsp3) is 0.562. The monoisotopic (exact) mass is 309 g/mol. The lowest BCUT2D eigenvalue weighted by Crippen LogP contribution is -2.40. The lowest BCUT2D eigenvalue weighted by atomic mass is 10.2. The first-order chi connectivity index (χ1) is 10.0. The van der Waals surface area contributed by atoms with Crippen molar-refractivity contribution < 1.29 is 14.6 Å². The minimum absolute atomic E-state index is 0.0189. The molecule has 116 valence electrons. The van der Waals surface area contributed by atoms with Crippen molar-refractivity contribution >= 4 is 17.2 Å². The maximum atomic E-state index is 12.6. The molecule has 1 rings (SSSR count). The Balaban J connectivity index is 2.92. The Bertz CT molecular complexity index is 527. The molecule has 21 heavy (non-hydrogen) atoms. The van der Waals surface area contributed by atoms with Gasteiger partial charge in [0.1, 0.15) is 0 Å². The van der Waals surface area contributed by atoms with Gasteiger partial charge in [0.25, 0.3) is 5.91 Å². The van der Waals surface area contributed by atoms with Crippen molar-refractivity contribution in [3.05, 3.63) is 21.4 Å². The average Bonchev–Trinajstić information content (AvgIpc) is 2.82. The molecule has 1 heterocycles. The quantitative estimate of drug-likeness (QED) is 0.820. The number of methoxy groups -OCH3 is 1. The lowest BCUT2D eigenvalue weighted by Gasteiger charge is -2.27. The number of hydrogen-bond donors (Lipinski definition) is 1. The van der Waals surface area contributed by atoms with Crippen molar-refractivity contribution in [3.63, 3.8) is 0 Å². The summed E-state index contributed by atoms with van der Waals surface area (Å²) in [7, 11) is 1.64. The number of aliphatic hydroxyl groups excluding tert-OH is 1. The van der Waals surface area contributed by atoms with Crippen LogP contribution in [0.25, 0.3) is 0 Å². The first kappa shape index (κ1) is 17.7. The summed E-state index contributed by atoms with van der Waals surface area (Å²) < 4.78 is 5.13. The van der Waals surface area contributed by atoms with Crippen molar-refractivity contribution in [1.29, 1.82) is 0 Å². The van der Waals surface area contributed by atoms with Crippen LogP contribution in [-0.2, 0) is 4.74 Å². The summed E-state index contributed by atoms with van der Waals surface area (Å²) in [6.45, 7) is 7.12. The van der Waals surface area contributed by atoms with E-state index < -0.39 is 0 Å². The van der Waals surface area contributed by atoms with E-state index in [2.05, 4.69) is 11.8 Å². The van der Waals surface area contributed by atoms with Gasteiger partial charge in [-0.2, -0.15) is 0 Å². The van der Waals surface area contributed by atoms with Crippen molar-refractivity contribution in [1.82, 2.24) is 4.90 Å². The number of likely N-dealkylation sites (N-methyl/N-ethyl adjacent to an activating group) is 1. The second-order valence-electron chi connectivity index (χ2n) is 4.79. The highest BCUT2D eigenvalue weighted by Gasteiger charge is 2.22. The summed E-state index contributed by atoms with van der Waals surface area (Å²) in [6, 6.07) is 1.93. The number of rotatable bonds is 6. The third-order valence-electron chi connectivity index (χ3n) is 3.11. The van der Waals surface area contributed by atoms with Crippen LogP contribution in [-0.4, -0.2) is 48.8 Å². The predicted molar refractivity (Wildman–Crippen MR) is 85.7 cm³/mol. The van der Waals surface area contributed by atoms with E-state index in [9.17, 15) is 4.79 Å². The molecule has 1 unspecified atom stereocenters. The molecule has 0 spiro atoms. The highest BCUT2D eigenvalue weighted by Crippen LogP contribution is 2.23. The Morgan fingerprint density at radius 1 is 1.57 bits per heavy atom. The Morgan fingerprint density at radius 2 is 2.29 bits per heavy atom. The zero-order valence-corrected chi connectivity index (χ0v) is 13.9. The van der Waals surface area contributed by atoms with E-state index in [1.807, 2.05) is 26.8 Å². The van der Waals surface area contributed by atoms with E-state index in [4.69, 9.17) is 9.84 Å². The van der Waals surface area contributed by atoms with Crippen LogP contribution in [0.3, 0.4) is 0 Å². The molecule has 1 aromatic heterocycles. The first-order valence-electron chi connectivity index (χ1n) is 7.05. The van der Waals surface area contributed by atoms with Gasteiger partial charge in [0.15, 0.2) is 0 Å². The molecule has 1 N–H and O–H groups in total. The molecule has 1 atom stereocenters. The minimum Gasteiger partial charge on any atom is -0.395 e. The molecule has 5 heteroatoms. The molecular weight excluding hydrogens is 286 g/mol. The number of aliphatic hydroxyl groups is 1. The molecule has 0 saturated carbocycles. The third-order valence-corrected chi connectivity index (χ3v) is 4.25. The molecular formula is C16H23NO3S. The van der Waals surface area contributed by atoms with Crippen LogP contribution in [0.1, 0.15) is 40.4 Å². The summed E-state index contributed by atoms with van der Waals surface area (Å²) in [5.74, 6) is 5.93.